The van der Waals surface area contributed by atoms with Crippen LogP contribution < -0.4 is 5.32 Å². The fraction of sp³-hybridized carbons (Fsp3) is 0.533. The molecular weight excluding hydrogens is 260 g/mol. The van der Waals surface area contributed by atoms with Crippen molar-refractivity contribution in [3.63, 3.8) is 0 Å². The van der Waals surface area contributed by atoms with Crippen molar-refractivity contribution in [3.05, 3.63) is 28.8 Å². The molecule has 19 heavy (non-hydrogen) atoms. The highest BCUT2D eigenvalue weighted by Gasteiger charge is 2.13. The van der Waals surface area contributed by atoms with Crippen LogP contribution in [-0.2, 0) is 4.74 Å². The number of anilines is 1. The van der Waals surface area contributed by atoms with Crippen LogP contribution in [0.1, 0.15) is 37.7 Å². The first kappa shape index (κ1) is 14.2. The monoisotopic (exact) mass is 278 g/mol. The van der Waals surface area contributed by atoms with Crippen molar-refractivity contribution < 1.29 is 4.74 Å². The summed E-state index contributed by atoms with van der Waals surface area (Å²) >= 11 is 5.97. The number of halogens is 1. The highest BCUT2D eigenvalue weighted by molar-refractivity contribution is 6.32. The molecule has 0 bridgehead atoms. The van der Waals surface area contributed by atoms with Gasteiger partial charge in [0.15, 0.2) is 0 Å². The van der Waals surface area contributed by atoms with E-state index in [1.54, 1.807) is 6.07 Å². The van der Waals surface area contributed by atoms with E-state index in [-0.39, 0.29) is 0 Å². The van der Waals surface area contributed by atoms with Gasteiger partial charge in [-0.1, -0.05) is 36.9 Å². The molecule has 2 rings (SSSR count). The molecular formula is C15H19ClN2O. The van der Waals surface area contributed by atoms with Gasteiger partial charge in [0.1, 0.15) is 6.07 Å². The van der Waals surface area contributed by atoms with E-state index in [1.807, 2.05) is 12.1 Å². The van der Waals surface area contributed by atoms with E-state index in [0.717, 1.165) is 5.69 Å². The van der Waals surface area contributed by atoms with Gasteiger partial charge >= 0.3 is 0 Å². The second-order valence-corrected chi connectivity index (χ2v) is 5.24. The number of hydrogen-bond acceptors (Lipinski definition) is 3. The molecule has 1 aromatic carbocycles. The third kappa shape index (κ3) is 4.12. The predicted molar refractivity (Wildman–Crippen MR) is 77.5 cm³/mol. The van der Waals surface area contributed by atoms with E-state index in [4.69, 9.17) is 21.6 Å². The summed E-state index contributed by atoms with van der Waals surface area (Å²) in [5, 5.41) is 12.8. The minimum Gasteiger partial charge on any atom is -0.382 e. The van der Waals surface area contributed by atoms with Crippen LogP contribution in [0.2, 0.25) is 5.02 Å². The Labute approximate surface area is 119 Å². The SMILES string of the molecule is N#Cc1c(Cl)cccc1NCCOC1CCCCC1. The minimum absolute atomic E-state index is 0.422. The van der Waals surface area contributed by atoms with E-state index in [1.165, 1.54) is 32.1 Å². The second kappa shape index (κ2) is 7.37. The van der Waals surface area contributed by atoms with Gasteiger partial charge in [-0.3, -0.25) is 0 Å². The fourth-order valence-electron chi connectivity index (χ4n) is 2.43. The van der Waals surface area contributed by atoms with Crippen molar-refractivity contribution in [1.29, 1.82) is 5.26 Å². The number of rotatable bonds is 5. The van der Waals surface area contributed by atoms with Gasteiger partial charge in [-0.05, 0) is 25.0 Å². The zero-order valence-corrected chi connectivity index (χ0v) is 11.7. The first-order chi connectivity index (χ1) is 9.31. The summed E-state index contributed by atoms with van der Waals surface area (Å²) < 4.78 is 5.83. The van der Waals surface area contributed by atoms with Crippen LogP contribution in [0.15, 0.2) is 18.2 Å². The van der Waals surface area contributed by atoms with Crippen LogP contribution in [0.4, 0.5) is 5.69 Å². The Morgan fingerprint density at radius 3 is 2.84 bits per heavy atom. The molecule has 0 saturated heterocycles. The van der Waals surface area contributed by atoms with Gasteiger partial charge in [-0.2, -0.15) is 5.26 Å². The smallest absolute Gasteiger partial charge is 0.103 e. The molecule has 1 N–H and O–H groups in total. The van der Waals surface area contributed by atoms with Crippen LogP contribution in [0.5, 0.6) is 0 Å². The lowest BCUT2D eigenvalue weighted by Gasteiger charge is -2.22. The highest BCUT2D eigenvalue weighted by atomic mass is 35.5. The van der Waals surface area contributed by atoms with Gasteiger partial charge < -0.3 is 10.1 Å². The van der Waals surface area contributed by atoms with E-state index in [9.17, 15) is 0 Å². The molecule has 3 nitrogen and oxygen atoms in total. The average molecular weight is 279 g/mol. The largest absolute Gasteiger partial charge is 0.382 e. The third-order valence-electron chi connectivity index (χ3n) is 3.45. The number of ether oxygens (including phenoxy) is 1. The summed E-state index contributed by atoms with van der Waals surface area (Å²) in [6.45, 7) is 1.37. The molecule has 1 aliphatic carbocycles. The number of nitrogens with zero attached hydrogens (tertiary/aromatic N) is 1. The molecule has 0 amide bonds. The van der Waals surface area contributed by atoms with Gasteiger partial charge in [0.05, 0.1) is 29.0 Å². The Kier molecular flexibility index (Phi) is 5.50. The molecule has 0 aliphatic heterocycles. The molecule has 0 unspecified atom stereocenters. The summed E-state index contributed by atoms with van der Waals surface area (Å²) in [5.74, 6) is 0. The van der Waals surface area contributed by atoms with E-state index in [2.05, 4.69) is 11.4 Å². The number of hydrogen-bond donors (Lipinski definition) is 1. The lowest BCUT2D eigenvalue weighted by Crippen LogP contribution is -2.20. The molecule has 0 radical (unpaired) electrons. The van der Waals surface area contributed by atoms with Crippen LogP contribution in [0, 0.1) is 11.3 Å². The Bertz CT molecular complexity index is 450. The average Bonchev–Trinajstić information content (AvgIpc) is 2.45. The minimum atomic E-state index is 0.422. The van der Waals surface area contributed by atoms with E-state index >= 15 is 0 Å². The molecule has 1 aliphatic rings. The number of nitriles is 1. The van der Waals surface area contributed by atoms with Crippen molar-refractivity contribution in [1.82, 2.24) is 0 Å². The van der Waals surface area contributed by atoms with Crippen LogP contribution in [0.3, 0.4) is 0 Å². The maximum absolute atomic E-state index is 9.05. The Morgan fingerprint density at radius 2 is 2.11 bits per heavy atom. The Morgan fingerprint density at radius 1 is 1.32 bits per heavy atom. The van der Waals surface area contributed by atoms with Crippen molar-refractivity contribution in [2.24, 2.45) is 0 Å². The zero-order valence-electron chi connectivity index (χ0n) is 11.0. The molecule has 0 spiro atoms. The number of benzene rings is 1. The van der Waals surface area contributed by atoms with Gasteiger partial charge in [0, 0.05) is 6.54 Å². The maximum atomic E-state index is 9.05. The van der Waals surface area contributed by atoms with E-state index < -0.39 is 0 Å². The molecule has 102 valence electrons. The molecule has 0 atom stereocenters. The standard InChI is InChI=1S/C15H19ClN2O/c16-14-7-4-8-15(13(14)11-17)18-9-10-19-12-5-2-1-3-6-12/h4,7-8,12,18H,1-3,5-6,9-10H2. The lowest BCUT2D eigenvalue weighted by molar-refractivity contribution is 0.0347. The van der Waals surface area contributed by atoms with Crippen molar-refractivity contribution in [3.8, 4) is 6.07 Å². The summed E-state index contributed by atoms with van der Waals surface area (Å²) in [6.07, 6.45) is 6.69. The van der Waals surface area contributed by atoms with Crippen molar-refractivity contribution in [2.45, 2.75) is 38.2 Å². The van der Waals surface area contributed by atoms with Crippen molar-refractivity contribution in [2.75, 3.05) is 18.5 Å². The van der Waals surface area contributed by atoms with E-state index in [0.29, 0.717) is 29.8 Å². The summed E-state index contributed by atoms with van der Waals surface area (Å²) in [4.78, 5) is 0. The normalized spacial score (nSPS) is 16.0. The van der Waals surface area contributed by atoms with Crippen LogP contribution in [0.25, 0.3) is 0 Å². The van der Waals surface area contributed by atoms with Gasteiger partial charge in [-0.15, -0.1) is 0 Å². The first-order valence-electron chi connectivity index (χ1n) is 6.85. The number of nitrogens with one attached hydrogen (secondary N) is 1. The molecule has 4 heteroatoms. The van der Waals surface area contributed by atoms with Crippen LogP contribution >= 0.6 is 11.6 Å². The zero-order chi connectivity index (χ0) is 13.5. The lowest BCUT2D eigenvalue weighted by atomic mass is 9.98. The Balaban J connectivity index is 1.76. The topological polar surface area (TPSA) is 45.0 Å². The second-order valence-electron chi connectivity index (χ2n) is 4.83. The van der Waals surface area contributed by atoms with Gasteiger partial charge in [-0.25, -0.2) is 0 Å². The molecule has 1 fully saturated rings. The molecule has 1 aromatic rings. The van der Waals surface area contributed by atoms with Crippen molar-refractivity contribution >= 4 is 17.3 Å². The summed E-state index contributed by atoms with van der Waals surface area (Å²) in [6, 6.07) is 7.55. The van der Waals surface area contributed by atoms with Crippen LogP contribution in [-0.4, -0.2) is 19.3 Å². The molecule has 1 saturated carbocycles. The third-order valence-corrected chi connectivity index (χ3v) is 3.76. The first-order valence-corrected chi connectivity index (χ1v) is 7.23. The molecule has 0 heterocycles. The fourth-order valence-corrected chi connectivity index (χ4v) is 2.64. The predicted octanol–water partition coefficient (Wildman–Crippen LogP) is 3.97. The van der Waals surface area contributed by atoms with Gasteiger partial charge in [0.2, 0.25) is 0 Å². The maximum Gasteiger partial charge on any atom is 0.103 e. The Hall–Kier alpha value is -1.24. The summed E-state index contributed by atoms with van der Waals surface area (Å²) in [7, 11) is 0. The molecule has 0 aromatic heterocycles. The summed E-state index contributed by atoms with van der Waals surface area (Å²) in [5.41, 5.74) is 1.28. The highest BCUT2D eigenvalue weighted by Crippen LogP contribution is 2.23. The van der Waals surface area contributed by atoms with Gasteiger partial charge in [0.25, 0.3) is 0 Å². The quantitative estimate of drug-likeness (QED) is 0.829.